The van der Waals surface area contributed by atoms with Gasteiger partial charge in [0.15, 0.2) is 0 Å². The van der Waals surface area contributed by atoms with Crippen molar-refractivity contribution < 1.29 is 0 Å². The van der Waals surface area contributed by atoms with Gasteiger partial charge in [0.25, 0.3) is 0 Å². The maximum atomic E-state index is 5.86. The van der Waals surface area contributed by atoms with Crippen molar-refractivity contribution in [3.63, 3.8) is 0 Å². The van der Waals surface area contributed by atoms with E-state index in [4.69, 9.17) is 11.6 Å². The first kappa shape index (κ1) is 14.9. The Hall–Kier alpha value is -0.180. The van der Waals surface area contributed by atoms with Gasteiger partial charge in [0.1, 0.15) is 0 Å². The Morgan fingerprint density at radius 2 is 1.88 bits per heavy atom. The topological polar surface area (TPSA) is 12.0 Å². The highest BCUT2D eigenvalue weighted by molar-refractivity contribution is 7.99. The third-order valence-electron chi connectivity index (χ3n) is 2.90. The SMILES string of the molecule is CSC(C)CCNC(C)Cc1ccc(Cl)cc1. The van der Waals surface area contributed by atoms with Crippen LogP contribution in [0.1, 0.15) is 25.8 Å². The molecule has 2 unspecified atom stereocenters. The predicted octanol–water partition coefficient (Wildman–Crippen LogP) is 4.00. The van der Waals surface area contributed by atoms with Crippen LogP contribution < -0.4 is 5.32 Å². The zero-order valence-electron chi connectivity index (χ0n) is 10.9. The van der Waals surface area contributed by atoms with Gasteiger partial charge in [0.05, 0.1) is 0 Å². The monoisotopic (exact) mass is 271 g/mol. The van der Waals surface area contributed by atoms with Crippen molar-refractivity contribution in [2.45, 2.75) is 38.0 Å². The largest absolute Gasteiger partial charge is 0.314 e. The Morgan fingerprint density at radius 3 is 2.47 bits per heavy atom. The lowest BCUT2D eigenvalue weighted by Gasteiger charge is -2.15. The molecule has 0 aliphatic heterocycles. The van der Waals surface area contributed by atoms with E-state index in [-0.39, 0.29) is 0 Å². The number of hydrogen-bond acceptors (Lipinski definition) is 2. The summed E-state index contributed by atoms with van der Waals surface area (Å²) in [4.78, 5) is 0. The van der Waals surface area contributed by atoms with Crippen LogP contribution in [0, 0.1) is 0 Å². The smallest absolute Gasteiger partial charge is 0.0406 e. The van der Waals surface area contributed by atoms with Gasteiger partial charge >= 0.3 is 0 Å². The van der Waals surface area contributed by atoms with Crippen molar-refractivity contribution in [1.82, 2.24) is 5.32 Å². The van der Waals surface area contributed by atoms with Crippen molar-refractivity contribution in [2.75, 3.05) is 12.8 Å². The third kappa shape index (κ3) is 6.35. The van der Waals surface area contributed by atoms with Crippen LogP contribution in [-0.2, 0) is 6.42 Å². The van der Waals surface area contributed by atoms with Crippen LogP contribution in [0.25, 0.3) is 0 Å². The van der Waals surface area contributed by atoms with Crippen molar-refractivity contribution in [1.29, 1.82) is 0 Å². The zero-order chi connectivity index (χ0) is 12.7. The summed E-state index contributed by atoms with van der Waals surface area (Å²) in [6, 6.07) is 8.64. The Morgan fingerprint density at radius 1 is 1.24 bits per heavy atom. The molecular formula is C14H22ClNS. The van der Waals surface area contributed by atoms with Gasteiger partial charge in [-0.15, -0.1) is 0 Å². The van der Waals surface area contributed by atoms with Gasteiger partial charge in [-0.25, -0.2) is 0 Å². The number of benzene rings is 1. The molecule has 0 saturated heterocycles. The Labute approximate surface area is 114 Å². The van der Waals surface area contributed by atoms with Crippen LogP contribution >= 0.6 is 23.4 Å². The summed E-state index contributed by atoms with van der Waals surface area (Å²) in [7, 11) is 0. The molecule has 1 rings (SSSR count). The molecule has 1 nitrogen and oxygen atoms in total. The Kier molecular flexibility index (Phi) is 7.02. The van der Waals surface area contributed by atoms with E-state index in [1.807, 2.05) is 23.9 Å². The molecule has 0 saturated carbocycles. The van der Waals surface area contributed by atoms with Crippen molar-refractivity contribution in [2.24, 2.45) is 0 Å². The lowest BCUT2D eigenvalue weighted by molar-refractivity contribution is 0.534. The molecule has 0 aromatic heterocycles. The van der Waals surface area contributed by atoms with E-state index in [0.717, 1.165) is 23.2 Å². The van der Waals surface area contributed by atoms with Gasteiger partial charge in [-0.1, -0.05) is 30.7 Å². The maximum absolute atomic E-state index is 5.86. The first-order valence-corrected chi connectivity index (χ1v) is 7.79. The summed E-state index contributed by atoms with van der Waals surface area (Å²) in [6.45, 7) is 5.60. The van der Waals surface area contributed by atoms with Crippen LogP contribution in [-0.4, -0.2) is 24.1 Å². The highest BCUT2D eigenvalue weighted by atomic mass is 35.5. The van der Waals surface area contributed by atoms with E-state index < -0.39 is 0 Å². The molecule has 0 spiro atoms. The summed E-state index contributed by atoms with van der Waals surface area (Å²) < 4.78 is 0. The lowest BCUT2D eigenvalue weighted by Crippen LogP contribution is -2.30. The standard InChI is InChI=1S/C14H22ClNS/c1-11(16-9-8-12(2)17-3)10-13-4-6-14(15)7-5-13/h4-7,11-12,16H,8-10H2,1-3H3. The fraction of sp³-hybridized carbons (Fsp3) is 0.571. The van der Waals surface area contributed by atoms with Crippen LogP contribution in [0.15, 0.2) is 24.3 Å². The average molecular weight is 272 g/mol. The average Bonchev–Trinajstić information content (AvgIpc) is 2.32. The van der Waals surface area contributed by atoms with E-state index in [9.17, 15) is 0 Å². The van der Waals surface area contributed by atoms with Gasteiger partial charge in [-0.2, -0.15) is 11.8 Å². The summed E-state index contributed by atoms with van der Waals surface area (Å²) in [6.07, 6.45) is 4.46. The van der Waals surface area contributed by atoms with Gasteiger partial charge in [-0.3, -0.25) is 0 Å². The lowest BCUT2D eigenvalue weighted by atomic mass is 10.1. The molecule has 0 heterocycles. The van der Waals surface area contributed by atoms with Gasteiger partial charge < -0.3 is 5.32 Å². The van der Waals surface area contributed by atoms with Crippen molar-refractivity contribution in [3.8, 4) is 0 Å². The third-order valence-corrected chi connectivity index (χ3v) is 4.19. The second-order valence-corrected chi connectivity index (χ2v) is 6.23. The molecule has 0 fully saturated rings. The second-order valence-electron chi connectivity index (χ2n) is 4.52. The van der Waals surface area contributed by atoms with Crippen LogP contribution in [0.5, 0.6) is 0 Å². The van der Waals surface area contributed by atoms with Crippen molar-refractivity contribution in [3.05, 3.63) is 34.9 Å². The van der Waals surface area contributed by atoms with Crippen molar-refractivity contribution >= 4 is 23.4 Å². The number of rotatable bonds is 7. The van der Waals surface area contributed by atoms with E-state index in [0.29, 0.717) is 6.04 Å². The number of halogens is 1. The summed E-state index contributed by atoms with van der Waals surface area (Å²) in [5.74, 6) is 0. The molecule has 96 valence electrons. The maximum Gasteiger partial charge on any atom is 0.0406 e. The van der Waals surface area contributed by atoms with E-state index in [1.165, 1.54) is 12.0 Å². The minimum absolute atomic E-state index is 0.519. The zero-order valence-corrected chi connectivity index (χ0v) is 12.4. The summed E-state index contributed by atoms with van der Waals surface area (Å²) in [5, 5.41) is 5.11. The minimum Gasteiger partial charge on any atom is -0.314 e. The molecule has 0 aliphatic carbocycles. The molecule has 3 heteroatoms. The minimum atomic E-state index is 0.519. The number of thioether (sulfide) groups is 1. The molecule has 0 amide bonds. The summed E-state index contributed by atoms with van der Waals surface area (Å²) >= 11 is 7.79. The Bertz CT molecular complexity index is 313. The van der Waals surface area contributed by atoms with Gasteiger partial charge in [-0.05, 0) is 50.3 Å². The quantitative estimate of drug-likeness (QED) is 0.804. The molecule has 1 aromatic rings. The van der Waals surface area contributed by atoms with Crippen LogP contribution in [0.3, 0.4) is 0 Å². The molecule has 0 aliphatic rings. The van der Waals surface area contributed by atoms with E-state index >= 15 is 0 Å². The van der Waals surface area contributed by atoms with E-state index in [1.54, 1.807) is 0 Å². The fourth-order valence-electron chi connectivity index (χ4n) is 1.70. The summed E-state index contributed by atoms with van der Waals surface area (Å²) in [5.41, 5.74) is 1.34. The normalized spacial score (nSPS) is 14.6. The molecule has 17 heavy (non-hydrogen) atoms. The molecule has 0 radical (unpaired) electrons. The first-order chi connectivity index (χ1) is 8.11. The molecule has 2 atom stereocenters. The number of nitrogens with one attached hydrogen (secondary N) is 1. The molecule has 0 bridgehead atoms. The van der Waals surface area contributed by atoms with Crippen LogP contribution in [0.2, 0.25) is 5.02 Å². The molecular weight excluding hydrogens is 250 g/mol. The highest BCUT2D eigenvalue weighted by Crippen LogP contribution is 2.11. The Balaban J connectivity index is 2.25. The first-order valence-electron chi connectivity index (χ1n) is 6.12. The highest BCUT2D eigenvalue weighted by Gasteiger charge is 2.04. The van der Waals surface area contributed by atoms with Gasteiger partial charge in [0, 0.05) is 16.3 Å². The fourth-order valence-corrected chi connectivity index (χ4v) is 2.18. The van der Waals surface area contributed by atoms with Gasteiger partial charge in [0.2, 0.25) is 0 Å². The number of hydrogen-bond donors (Lipinski definition) is 1. The van der Waals surface area contributed by atoms with Crippen LogP contribution in [0.4, 0.5) is 0 Å². The molecule has 1 aromatic carbocycles. The van der Waals surface area contributed by atoms with E-state index in [2.05, 4.69) is 37.6 Å². The second kappa shape index (κ2) is 8.02. The predicted molar refractivity (Wildman–Crippen MR) is 80.2 cm³/mol. The molecule has 1 N–H and O–H groups in total.